The number of aliphatic hydroxyl groups is 3. The molecule has 1 aromatic carbocycles. The fourth-order valence-electron chi connectivity index (χ4n) is 1.01. The number of benzene rings is 1. The van der Waals surface area contributed by atoms with Gasteiger partial charge < -0.3 is 20.1 Å². The predicted octanol–water partition coefficient (Wildman–Crippen LogP) is 0.673. The van der Waals surface area contributed by atoms with Gasteiger partial charge in [-0.25, -0.2) is 0 Å². The third-order valence-electron chi connectivity index (χ3n) is 1.84. The van der Waals surface area contributed by atoms with E-state index >= 15 is 0 Å². The van der Waals surface area contributed by atoms with Crippen LogP contribution in [-0.4, -0.2) is 34.6 Å². The highest BCUT2D eigenvalue weighted by molar-refractivity contribution is 9.10. The fraction of sp³-hybridized carbons (Fsp3) is 0.400. The van der Waals surface area contributed by atoms with Crippen LogP contribution in [0.2, 0.25) is 0 Å². The molecule has 0 aliphatic heterocycles. The molecule has 15 heavy (non-hydrogen) atoms. The predicted molar refractivity (Wildman–Crippen MR) is 58.7 cm³/mol. The van der Waals surface area contributed by atoms with Gasteiger partial charge in [0.1, 0.15) is 18.5 Å². The average molecular weight is 277 g/mol. The molecule has 84 valence electrons. The standard InChI is InChI=1S/C10H13BrO4/c11-10-2-1-9(3-7(10)4-12)15-6-8(14)5-13/h1-3,8,12-14H,4-6H2. The maximum Gasteiger partial charge on any atom is 0.119 e. The first-order valence-electron chi connectivity index (χ1n) is 4.48. The molecule has 0 fully saturated rings. The minimum atomic E-state index is -0.883. The van der Waals surface area contributed by atoms with Gasteiger partial charge in [-0.3, -0.25) is 0 Å². The van der Waals surface area contributed by atoms with E-state index < -0.39 is 6.10 Å². The summed E-state index contributed by atoms with van der Waals surface area (Å²) in [5, 5.41) is 26.6. The lowest BCUT2D eigenvalue weighted by molar-refractivity contribution is 0.0535. The highest BCUT2D eigenvalue weighted by atomic mass is 79.9. The summed E-state index contributed by atoms with van der Waals surface area (Å²) < 4.78 is 6.02. The van der Waals surface area contributed by atoms with Crippen LogP contribution < -0.4 is 4.74 Å². The smallest absolute Gasteiger partial charge is 0.119 e. The van der Waals surface area contributed by atoms with Crippen molar-refractivity contribution in [1.82, 2.24) is 0 Å². The van der Waals surface area contributed by atoms with E-state index in [1.165, 1.54) is 0 Å². The van der Waals surface area contributed by atoms with Crippen LogP contribution in [0.1, 0.15) is 5.56 Å². The maximum absolute atomic E-state index is 9.07. The second-order valence-corrected chi connectivity index (χ2v) is 3.91. The Balaban J connectivity index is 2.62. The lowest BCUT2D eigenvalue weighted by atomic mass is 10.2. The number of ether oxygens (including phenoxy) is 1. The quantitative estimate of drug-likeness (QED) is 0.740. The van der Waals surface area contributed by atoms with E-state index in [9.17, 15) is 0 Å². The monoisotopic (exact) mass is 276 g/mol. The van der Waals surface area contributed by atoms with Crippen molar-refractivity contribution in [2.75, 3.05) is 13.2 Å². The fourth-order valence-corrected chi connectivity index (χ4v) is 1.38. The van der Waals surface area contributed by atoms with Gasteiger partial charge in [-0.1, -0.05) is 15.9 Å². The van der Waals surface area contributed by atoms with E-state index in [1.54, 1.807) is 18.2 Å². The van der Waals surface area contributed by atoms with Gasteiger partial charge in [0.2, 0.25) is 0 Å². The zero-order chi connectivity index (χ0) is 11.3. The molecule has 0 aliphatic carbocycles. The molecule has 0 saturated carbocycles. The van der Waals surface area contributed by atoms with Crippen molar-refractivity contribution >= 4 is 15.9 Å². The molecule has 1 atom stereocenters. The molecule has 0 aromatic heterocycles. The number of hydrogen-bond acceptors (Lipinski definition) is 4. The molecule has 0 saturated heterocycles. The first kappa shape index (κ1) is 12.4. The average Bonchev–Trinajstić information content (AvgIpc) is 2.27. The summed E-state index contributed by atoms with van der Waals surface area (Å²) in [6.45, 7) is -0.382. The molecule has 0 amide bonds. The Morgan fingerprint density at radius 3 is 2.67 bits per heavy atom. The first-order valence-corrected chi connectivity index (χ1v) is 5.27. The minimum absolute atomic E-state index is 0.0308. The van der Waals surface area contributed by atoms with E-state index in [4.69, 9.17) is 20.1 Å². The van der Waals surface area contributed by atoms with E-state index in [-0.39, 0.29) is 19.8 Å². The van der Waals surface area contributed by atoms with E-state index in [2.05, 4.69) is 15.9 Å². The van der Waals surface area contributed by atoms with Gasteiger partial charge in [-0.2, -0.15) is 0 Å². The molecule has 0 radical (unpaired) electrons. The third-order valence-corrected chi connectivity index (χ3v) is 2.61. The second kappa shape index (κ2) is 6.07. The summed E-state index contributed by atoms with van der Waals surface area (Å²) in [4.78, 5) is 0. The normalized spacial score (nSPS) is 12.5. The Morgan fingerprint density at radius 1 is 1.33 bits per heavy atom. The zero-order valence-corrected chi connectivity index (χ0v) is 9.64. The van der Waals surface area contributed by atoms with Crippen molar-refractivity contribution in [1.29, 1.82) is 0 Å². The number of halogens is 1. The van der Waals surface area contributed by atoms with Crippen LogP contribution in [0.25, 0.3) is 0 Å². The second-order valence-electron chi connectivity index (χ2n) is 3.06. The third kappa shape index (κ3) is 3.79. The van der Waals surface area contributed by atoms with Gasteiger partial charge in [0.25, 0.3) is 0 Å². The zero-order valence-electron chi connectivity index (χ0n) is 8.06. The van der Waals surface area contributed by atoms with Crippen LogP contribution in [-0.2, 0) is 6.61 Å². The van der Waals surface area contributed by atoms with Crippen LogP contribution in [0, 0.1) is 0 Å². The van der Waals surface area contributed by atoms with Crippen molar-refractivity contribution in [3.05, 3.63) is 28.2 Å². The van der Waals surface area contributed by atoms with Crippen LogP contribution in [0.4, 0.5) is 0 Å². The Labute approximate surface area is 96.3 Å². The Bertz CT molecular complexity index is 316. The van der Waals surface area contributed by atoms with E-state index in [1.807, 2.05) is 0 Å². The Hall–Kier alpha value is -0.620. The molecular formula is C10H13BrO4. The van der Waals surface area contributed by atoms with Gasteiger partial charge in [0, 0.05) is 4.47 Å². The molecule has 5 heteroatoms. The summed E-state index contributed by atoms with van der Waals surface area (Å²) >= 11 is 3.28. The molecule has 3 N–H and O–H groups in total. The van der Waals surface area contributed by atoms with Crippen molar-refractivity contribution < 1.29 is 20.1 Å². The molecule has 0 spiro atoms. The highest BCUT2D eigenvalue weighted by Gasteiger charge is 2.05. The van der Waals surface area contributed by atoms with Crippen LogP contribution in [0.15, 0.2) is 22.7 Å². The van der Waals surface area contributed by atoms with Crippen molar-refractivity contribution in [3.8, 4) is 5.75 Å². The van der Waals surface area contributed by atoms with Crippen LogP contribution >= 0.6 is 15.9 Å². The SMILES string of the molecule is OCc1cc(OCC(O)CO)ccc1Br. The summed E-state index contributed by atoms with van der Waals surface area (Å²) in [6, 6.07) is 5.15. The summed E-state index contributed by atoms with van der Waals surface area (Å²) in [5.41, 5.74) is 0.714. The largest absolute Gasteiger partial charge is 0.491 e. The Kier molecular flexibility index (Phi) is 5.04. The van der Waals surface area contributed by atoms with Crippen LogP contribution in [0.3, 0.4) is 0 Å². The van der Waals surface area contributed by atoms with E-state index in [0.717, 1.165) is 4.47 Å². The molecule has 0 heterocycles. The molecular weight excluding hydrogens is 264 g/mol. The molecule has 4 nitrogen and oxygen atoms in total. The number of rotatable bonds is 5. The van der Waals surface area contributed by atoms with E-state index in [0.29, 0.717) is 11.3 Å². The highest BCUT2D eigenvalue weighted by Crippen LogP contribution is 2.22. The van der Waals surface area contributed by atoms with Gasteiger partial charge in [0.05, 0.1) is 13.2 Å². The van der Waals surface area contributed by atoms with Gasteiger partial charge in [-0.05, 0) is 23.8 Å². The number of aliphatic hydroxyl groups excluding tert-OH is 3. The molecule has 0 bridgehead atoms. The topological polar surface area (TPSA) is 69.9 Å². The van der Waals surface area contributed by atoms with Crippen molar-refractivity contribution in [2.24, 2.45) is 0 Å². The summed E-state index contributed by atoms with van der Waals surface area (Å²) in [6.07, 6.45) is -0.883. The lowest BCUT2D eigenvalue weighted by Crippen LogP contribution is -2.21. The van der Waals surface area contributed by atoms with Gasteiger partial charge in [0.15, 0.2) is 0 Å². The van der Waals surface area contributed by atoms with Crippen LogP contribution in [0.5, 0.6) is 5.75 Å². The summed E-state index contributed by atoms with van der Waals surface area (Å²) in [5.74, 6) is 0.551. The first-order chi connectivity index (χ1) is 7.17. The molecule has 1 unspecified atom stereocenters. The summed E-state index contributed by atoms with van der Waals surface area (Å²) in [7, 11) is 0. The molecule has 1 aromatic rings. The maximum atomic E-state index is 9.07. The number of hydrogen-bond donors (Lipinski definition) is 3. The lowest BCUT2D eigenvalue weighted by Gasteiger charge is -2.11. The Morgan fingerprint density at radius 2 is 2.07 bits per heavy atom. The molecule has 0 aliphatic rings. The van der Waals surface area contributed by atoms with Gasteiger partial charge >= 0.3 is 0 Å². The van der Waals surface area contributed by atoms with Gasteiger partial charge in [-0.15, -0.1) is 0 Å². The van der Waals surface area contributed by atoms with Crippen molar-refractivity contribution in [3.63, 3.8) is 0 Å². The minimum Gasteiger partial charge on any atom is -0.491 e. The molecule has 1 rings (SSSR count). The van der Waals surface area contributed by atoms with Crippen molar-refractivity contribution in [2.45, 2.75) is 12.7 Å².